The van der Waals surface area contributed by atoms with Crippen molar-refractivity contribution in [1.82, 2.24) is 0 Å². The standard InChI is InChI=1S/C13H28/c1-5-8-9-10-12(4)11-13(6-2)7-3/h12-13H,5-11H2,1-4H3. The van der Waals surface area contributed by atoms with Crippen LogP contribution in [-0.4, -0.2) is 0 Å². The van der Waals surface area contributed by atoms with Gasteiger partial charge in [0, 0.05) is 0 Å². The molecule has 0 aromatic rings. The van der Waals surface area contributed by atoms with Gasteiger partial charge in [0.05, 0.1) is 0 Å². The topological polar surface area (TPSA) is 0 Å². The van der Waals surface area contributed by atoms with Crippen molar-refractivity contribution in [2.45, 2.75) is 72.6 Å². The summed E-state index contributed by atoms with van der Waals surface area (Å²) in [5, 5.41) is 0. The fourth-order valence-corrected chi connectivity index (χ4v) is 2.05. The van der Waals surface area contributed by atoms with Crippen LogP contribution >= 0.6 is 0 Å². The Morgan fingerprint density at radius 3 is 2.00 bits per heavy atom. The van der Waals surface area contributed by atoms with Crippen LogP contribution in [0, 0.1) is 11.8 Å². The molecule has 0 heterocycles. The Kier molecular flexibility index (Phi) is 8.59. The third-order valence-corrected chi connectivity index (χ3v) is 3.19. The van der Waals surface area contributed by atoms with E-state index >= 15 is 0 Å². The molecule has 0 aromatic heterocycles. The van der Waals surface area contributed by atoms with E-state index in [-0.39, 0.29) is 0 Å². The molecular formula is C13H28. The maximum atomic E-state index is 2.42. The number of unbranched alkanes of at least 4 members (excludes halogenated alkanes) is 2. The summed E-state index contributed by atoms with van der Waals surface area (Å²) in [6.07, 6.45) is 9.87. The van der Waals surface area contributed by atoms with Gasteiger partial charge in [0.15, 0.2) is 0 Å². The van der Waals surface area contributed by atoms with Crippen LogP contribution in [0.1, 0.15) is 72.6 Å². The molecule has 1 unspecified atom stereocenters. The van der Waals surface area contributed by atoms with E-state index < -0.39 is 0 Å². The highest BCUT2D eigenvalue weighted by atomic mass is 14.1. The van der Waals surface area contributed by atoms with Crippen molar-refractivity contribution < 1.29 is 0 Å². The van der Waals surface area contributed by atoms with E-state index in [9.17, 15) is 0 Å². The highest BCUT2D eigenvalue weighted by Crippen LogP contribution is 2.22. The average molecular weight is 184 g/mol. The number of rotatable bonds is 8. The smallest absolute Gasteiger partial charge is 0.0417 e. The Morgan fingerprint density at radius 2 is 1.54 bits per heavy atom. The second-order valence-corrected chi connectivity index (χ2v) is 4.52. The van der Waals surface area contributed by atoms with Crippen LogP contribution in [0.15, 0.2) is 0 Å². The minimum atomic E-state index is 0.955. The summed E-state index contributed by atoms with van der Waals surface area (Å²) >= 11 is 0. The fourth-order valence-electron chi connectivity index (χ4n) is 2.05. The molecule has 0 aliphatic heterocycles. The molecule has 0 heteroatoms. The van der Waals surface area contributed by atoms with Crippen LogP contribution in [0.2, 0.25) is 0 Å². The van der Waals surface area contributed by atoms with Gasteiger partial charge in [0.25, 0.3) is 0 Å². The molecule has 0 saturated carbocycles. The van der Waals surface area contributed by atoms with Crippen molar-refractivity contribution in [2.75, 3.05) is 0 Å². The van der Waals surface area contributed by atoms with E-state index in [0.29, 0.717) is 0 Å². The van der Waals surface area contributed by atoms with Gasteiger partial charge in [-0.1, -0.05) is 66.2 Å². The Hall–Kier alpha value is 0. The normalized spacial score (nSPS) is 13.6. The zero-order valence-electron chi connectivity index (χ0n) is 10.1. The van der Waals surface area contributed by atoms with Crippen LogP contribution in [0.3, 0.4) is 0 Å². The molecule has 0 bridgehead atoms. The predicted molar refractivity (Wildman–Crippen MR) is 62.0 cm³/mol. The van der Waals surface area contributed by atoms with Gasteiger partial charge in [0.1, 0.15) is 0 Å². The molecule has 0 N–H and O–H groups in total. The predicted octanol–water partition coefficient (Wildman–Crippen LogP) is 5.03. The summed E-state index contributed by atoms with van der Waals surface area (Å²) in [4.78, 5) is 0. The molecule has 0 aromatic carbocycles. The minimum absolute atomic E-state index is 0.955. The van der Waals surface area contributed by atoms with E-state index in [4.69, 9.17) is 0 Å². The van der Waals surface area contributed by atoms with Crippen LogP contribution in [0.5, 0.6) is 0 Å². The van der Waals surface area contributed by atoms with Gasteiger partial charge in [0.2, 0.25) is 0 Å². The number of hydrogen-bond acceptors (Lipinski definition) is 0. The van der Waals surface area contributed by atoms with Crippen LogP contribution in [-0.2, 0) is 0 Å². The first kappa shape index (κ1) is 13.0. The average Bonchev–Trinajstić information content (AvgIpc) is 2.14. The van der Waals surface area contributed by atoms with Gasteiger partial charge in [-0.15, -0.1) is 0 Å². The third kappa shape index (κ3) is 7.10. The largest absolute Gasteiger partial charge is 0.0654 e. The first-order chi connectivity index (χ1) is 6.24. The van der Waals surface area contributed by atoms with Gasteiger partial charge in [-0.2, -0.15) is 0 Å². The molecule has 1 atom stereocenters. The van der Waals surface area contributed by atoms with E-state index in [1.54, 1.807) is 0 Å². The molecule has 0 amide bonds. The highest BCUT2D eigenvalue weighted by Gasteiger charge is 2.08. The Balaban J connectivity index is 3.42. The van der Waals surface area contributed by atoms with Crippen molar-refractivity contribution in [3.8, 4) is 0 Å². The lowest BCUT2D eigenvalue weighted by Crippen LogP contribution is -2.04. The summed E-state index contributed by atoms with van der Waals surface area (Å²) in [7, 11) is 0. The second kappa shape index (κ2) is 8.59. The fraction of sp³-hybridized carbons (Fsp3) is 1.00. The first-order valence-electron chi connectivity index (χ1n) is 6.24. The summed E-state index contributed by atoms with van der Waals surface area (Å²) in [6.45, 7) is 9.36. The quantitative estimate of drug-likeness (QED) is 0.464. The lowest BCUT2D eigenvalue weighted by atomic mass is 9.89. The zero-order chi connectivity index (χ0) is 10.1. The molecule has 0 aliphatic rings. The van der Waals surface area contributed by atoms with E-state index in [2.05, 4.69) is 27.7 Å². The van der Waals surface area contributed by atoms with Crippen molar-refractivity contribution in [2.24, 2.45) is 11.8 Å². The molecule has 80 valence electrons. The van der Waals surface area contributed by atoms with Crippen molar-refractivity contribution in [3.63, 3.8) is 0 Å². The minimum Gasteiger partial charge on any atom is -0.0654 e. The van der Waals surface area contributed by atoms with Gasteiger partial charge >= 0.3 is 0 Å². The van der Waals surface area contributed by atoms with Gasteiger partial charge < -0.3 is 0 Å². The second-order valence-electron chi connectivity index (χ2n) is 4.52. The molecule has 0 fully saturated rings. The van der Waals surface area contributed by atoms with Crippen LogP contribution in [0.25, 0.3) is 0 Å². The monoisotopic (exact) mass is 184 g/mol. The lowest BCUT2D eigenvalue weighted by molar-refractivity contribution is 0.348. The Labute approximate surface area is 85.1 Å². The maximum Gasteiger partial charge on any atom is -0.0417 e. The summed E-state index contributed by atoms with van der Waals surface area (Å²) < 4.78 is 0. The third-order valence-electron chi connectivity index (χ3n) is 3.19. The molecule has 0 nitrogen and oxygen atoms in total. The first-order valence-corrected chi connectivity index (χ1v) is 6.24. The summed E-state index contributed by atoms with van der Waals surface area (Å²) in [5.41, 5.74) is 0. The van der Waals surface area contributed by atoms with Crippen LogP contribution < -0.4 is 0 Å². The van der Waals surface area contributed by atoms with Gasteiger partial charge in [-0.3, -0.25) is 0 Å². The Bertz CT molecular complexity index is 92.2. The van der Waals surface area contributed by atoms with E-state index in [0.717, 1.165) is 11.8 Å². The Morgan fingerprint density at radius 1 is 0.923 bits per heavy atom. The van der Waals surface area contributed by atoms with Crippen molar-refractivity contribution in [3.05, 3.63) is 0 Å². The molecule has 0 aliphatic carbocycles. The maximum absolute atomic E-state index is 2.42. The van der Waals surface area contributed by atoms with Gasteiger partial charge in [-0.05, 0) is 18.3 Å². The lowest BCUT2D eigenvalue weighted by Gasteiger charge is -2.17. The molecule has 0 spiro atoms. The highest BCUT2D eigenvalue weighted by molar-refractivity contribution is 4.61. The summed E-state index contributed by atoms with van der Waals surface area (Å²) in [6, 6.07) is 0. The summed E-state index contributed by atoms with van der Waals surface area (Å²) in [5.74, 6) is 1.94. The zero-order valence-corrected chi connectivity index (χ0v) is 10.1. The van der Waals surface area contributed by atoms with Crippen molar-refractivity contribution >= 4 is 0 Å². The van der Waals surface area contributed by atoms with Crippen molar-refractivity contribution in [1.29, 1.82) is 0 Å². The van der Waals surface area contributed by atoms with E-state index in [1.165, 1.54) is 44.9 Å². The molecule has 0 rings (SSSR count). The number of hydrogen-bond donors (Lipinski definition) is 0. The molecule has 13 heavy (non-hydrogen) atoms. The van der Waals surface area contributed by atoms with E-state index in [1.807, 2.05) is 0 Å². The van der Waals surface area contributed by atoms with Crippen LogP contribution in [0.4, 0.5) is 0 Å². The SMILES string of the molecule is CCCCCC(C)CC(CC)CC. The molecular weight excluding hydrogens is 156 g/mol. The molecule has 0 saturated heterocycles. The van der Waals surface area contributed by atoms with Gasteiger partial charge in [-0.25, -0.2) is 0 Å². The molecule has 0 radical (unpaired) electrons.